The predicted molar refractivity (Wildman–Crippen MR) is 28.6 cm³/mol. The summed E-state index contributed by atoms with van der Waals surface area (Å²) in [5.74, 6) is -0.343. The monoisotopic (exact) mass is 184 g/mol. The highest BCUT2D eigenvalue weighted by atomic mass is 19.4. The maximum absolute atomic E-state index is 11.9. The van der Waals surface area contributed by atoms with Gasteiger partial charge >= 0.3 is 12.3 Å². The molecular formula is C5H4F4N2O. The maximum atomic E-state index is 11.9. The van der Waals surface area contributed by atoms with Crippen molar-refractivity contribution >= 4 is 0 Å². The zero-order chi connectivity index (χ0) is 9.19. The van der Waals surface area contributed by atoms with Gasteiger partial charge in [-0.05, 0) is 5.16 Å². The Bertz CT molecular complexity index is 256. The minimum atomic E-state index is -4.29. The minimum Gasteiger partial charge on any atom is -0.337 e. The molecule has 1 aromatic heterocycles. The highest BCUT2D eigenvalue weighted by Crippen LogP contribution is 2.21. The molecule has 3 nitrogen and oxygen atoms in total. The van der Waals surface area contributed by atoms with Gasteiger partial charge in [-0.15, -0.1) is 0 Å². The van der Waals surface area contributed by atoms with Gasteiger partial charge in [0, 0.05) is 6.42 Å². The van der Waals surface area contributed by atoms with E-state index in [9.17, 15) is 17.6 Å². The van der Waals surface area contributed by atoms with Crippen LogP contribution in [0, 0.1) is 6.08 Å². The standard InChI is InChI=1S/C5H4F4N2O/c6-4-10-3(12-11-4)1-2-5(7,8)9/h1-2H2. The van der Waals surface area contributed by atoms with Gasteiger partial charge in [0.25, 0.3) is 0 Å². The number of hydrogen-bond acceptors (Lipinski definition) is 3. The normalized spacial score (nSPS) is 12.0. The van der Waals surface area contributed by atoms with E-state index >= 15 is 0 Å². The second kappa shape index (κ2) is 3.08. The summed E-state index contributed by atoms with van der Waals surface area (Å²) in [4.78, 5) is 2.97. The van der Waals surface area contributed by atoms with E-state index in [0.29, 0.717) is 0 Å². The van der Waals surface area contributed by atoms with Gasteiger partial charge < -0.3 is 4.52 Å². The Morgan fingerprint density at radius 1 is 1.33 bits per heavy atom. The average Bonchev–Trinajstić information content (AvgIpc) is 2.30. The molecule has 68 valence electrons. The molecule has 0 radical (unpaired) electrons. The second-order valence-electron chi connectivity index (χ2n) is 2.07. The predicted octanol–water partition coefficient (Wildman–Crippen LogP) is 1.70. The lowest BCUT2D eigenvalue weighted by atomic mass is 10.3. The molecule has 0 spiro atoms. The Kier molecular flexibility index (Phi) is 2.30. The van der Waals surface area contributed by atoms with Crippen molar-refractivity contribution in [2.24, 2.45) is 0 Å². The van der Waals surface area contributed by atoms with E-state index in [1.807, 2.05) is 0 Å². The fraction of sp³-hybridized carbons (Fsp3) is 0.600. The van der Waals surface area contributed by atoms with Crippen molar-refractivity contribution in [3.8, 4) is 0 Å². The highest BCUT2D eigenvalue weighted by molar-refractivity contribution is 4.76. The molecular weight excluding hydrogens is 180 g/mol. The zero-order valence-electron chi connectivity index (χ0n) is 5.73. The molecule has 0 aliphatic carbocycles. The van der Waals surface area contributed by atoms with Crippen LogP contribution < -0.4 is 0 Å². The van der Waals surface area contributed by atoms with Crippen molar-refractivity contribution < 1.29 is 22.1 Å². The number of nitrogens with zero attached hydrogens (tertiary/aromatic N) is 2. The van der Waals surface area contributed by atoms with Gasteiger partial charge in [0.2, 0.25) is 5.89 Å². The Hall–Kier alpha value is -1.14. The summed E-state index contributed by atoms with van der Waals surface area (Å²) in [7, 11) is 0. The van der Waals surface area contributed by atoms with Gasteiger partial charge in [-0.1, -0.05) is 0 Å². The quantitative estimate of drug-likeness (QED) is 0.656. The molecule has 0 amide bonds. The van der Waals surface area contributed by atoms with Gasteiger partial charge in [0.15, 0.2) is 0 Å². The summed E-state index contributed by atoms with van der Waals surface area (Å²) in [6.07, 6.45) is -7.01. The van der Waals surface area contributed by atoms with E-state index in [2.05, 4.69) is 14.7 Å². The largest absolute Gasteiger partial charge is 0.389 e. The first-order valence-electron chi connectivity index (χ1n) is 3.02. The van der Waals surface area contributed by atoms with Gasteiger partial charge in [-0.3, -0.25) is 0 Å². The van der Waals surface area contributed by atoms with Crippen LogP contribution in [0.4, 0.5) is 17.6 Å². The first-order chi connectivity index (χ1) is 5.47. The summed E-state index contributed by atoms with van der Waals surface area (Å²) in [5, 5.41) is 2.70. The molecule has 0 saturated heterocycles. The third kappa shape index (κ3) is 2.85. The van der Waals surface area contributed by atoms with Crippen molar-refractivity contribution in [1.29, 1.82) is 0 Å². The molecule has 7 heteroatoms. The summed E-state index contributed by atoms with van der Waals surface area (Å²) in [6, 6.07) is 0. The SMILES string of the molecule is Fc1noc(CCC(F)(F)F)n1. The molecule has 0 atom stereocenters. The lowest BCUT2D eigenvalue weighted by Gasteiger charge is -2.01. The average molecular weight is 184 g/mol. The van der Waals surface area contributed by atoms with Crippen molar-refractivity contribution in [2.45, 2.75) is 19.0 Å². The van der Waals surface area contributed by atoms with Crippen molar-refractivity contribution in [3.05, 3.63) is 12.0 Å². The third-order valence-electron chi connectivity index (χ3n) is 1.07. The van der Waals surface area contributed by atoms with Gasteiger partial charge in [0.1, 0.15) is 0 Å². The second-order valence-corrected chi connectivity index (χ2v) is 2.07. The molecule has 1 rings (SSSR count). The number of aryl methyl sites for hydroxylation is 1. The molecule has 0 N–H and O–H groups in total. The first kappa shape index (κ1) is 8.95. The van der Waals surface area contributed by atoms with E-state index in [1.54, 1.807) is 0 Å². The molecule has 0 bridgehead atoms. The maximum Gasteiger partial charge on any atom is 0.389 e. The van der Waals surface area contributed by atoms with Gasteiger partial charge in [-0.25, -0.2) is 0 Å². The van der Waals surface area contributed by atoms with Crippen LogP contribution in [0.2, 0.25) is 0 Å². The molecule has 0 aliphatic heterocycles. The first-order valence-corrected chi connectivity index (χ1v) is 3.02. The molecule has 0 fully saturated rings. The van der Waals surface area contributed by atoms with Gasteiger partial charge in [-0.2, -0.15) is 22.5 Å². The lowest BCUT2D eigenvalue weighted by Crippen LogP contribution is -2.08. The van der Waals surface area contributed by atoms with E-state index in [-0.39, 0.29) is 5.89 Å². The van der Waals surface area contributed by atoms with Crippen molar-refractivity contribution in [2.75, 3.05) is 0 Å². The molecule has 12 heavy (non-hydrogen) atoms. The highest BCUT2D eigenvalue weighted by Gasteiger charge is 2.27. The molecule has 0 aliphatic rings. The smallest absolute Gasteiger partial charge is 0.337 e. The number of aromatic nitrogens is 2. The molecule has 0 unspecified atom stereocenters. The fourth-order valence-electron chi connectivity index (χ4n) is 0.584. The topological polar surface area (TPSA) is 38.9 Å². The Morgan fingerprint density at radius 3 is 2.42 bits per heavy atom. The summed E-state index contributed by atoms with van der Waals surface area (Å²) >= 11 is 0. The number of alkyl halides is 3. The van der Waals surface area contributed by atoms with E-state index < -0.39 is 25.1 Å². The molecule has 1 aromatic rings. The lowest BCUT2D eigenvalue weighted by molar-refractivity contribution is -0.134. The van der Waals surface area contributed by atoms with Crippen LogP contribution in [0.25, 0.3) is 0 Å². The zero-order valence-corrected chi connectivity index (χ0v) is 5.73. The molecule has 0 saturated carbocycles. The van der Waals surface area contributed by atoms with Crippen LogP contribution >= 0.6 is 0 Å². The Labute approximate surface area is 64.4 Å². The third-order valence-corrected chi connectivity index (χ3v) is 1.07. The van der Waals surface area contributed by atoms with E-state index in [4.69, 9.17) is 0 Å². The van der Waals surface area contributed by atoms with Crippen LogP contribution in [0.1, 0.15) is 12.3 Å². The van der Waals surface area contributed by atoms with Crippen LogP contribution in [-0.4, -0.2) is 16.3 Å². The minimum absolute atomic E-state index is 0.343. The van der Waals surface area contributed by atoms with E-state index in [1.165, 1.54) is 0 Å². The van der Waals surface area contributed by atoms with Crippen molar-refractivity contribution in [3.63, 3.8) is 0 Å². The fourth-order valence-corrected chi connectivity index (χ4v) is 0.584. The Morgan fingerprint density at radius 2 is 2.00 bits per heavy atom. The van der Waals surface area contributed by atoms with Gasteiger partial charge in [0.05, 0.1) is 6.42 Å². The Balaban J connectivity index is 2.44. The van der Waals surface area contributed by atoms with E-state index in [0.717, 1.165) is 0 Å². The number of halogens is 4. The van der Waals surface area contributed by atoms with Crippen LogP contribution in [-0.2, 0) is 6.42 Å². The molecule has 1 heterocycles. The molecule has 0 aromatic carbocycles. The van der Waals surface area contributed by atoms with Crippen molar-refractivity contribution in [1.82, 2.24) is 10.1 Å². The number of hydrogen-bond donors (Lipinski definition) is 0. The summed E-state index contributed by atoms with van der Waals surface area (Å²) in [6.45, 7) is 0. The summed E-state index contributed by atoms with van der Waals surface area (Å²) < 4.78 is 50.8. The van der Waals surface area contributed by atoms with Crippen LogP contribution in [0.3, 0.4) is 0 Å². The van der Waals surface area contributed by atoms with Crippen LogP contribution in [0.5, 0.6) is 0 Å². The van der Waals surface area contributed by atoms with Crippen LogP contribution in [0.15, 0.2) is 4.52 Å². The summed E-state index contributed by atoms with van der Waals surface area (Å²) in [5.41, 5.74) is 0. The number of rotatable bonds is 2.